The number of hydrogen-bond acceptors (Lipinski definition) is 5. The Hall–Kier alpha value is -3.02. The third-order valence-electron chi connectivity index (χ3n) is 3.03. The lowest BCUT2D eigenvalue weighted by Gasteiger charge is -2.07. The lowest BCUT2D eigenvalue weighted by molar-refractivity contribution is -0.119. The fourth-order valence-corrected chi connectivity index (χ4v) is 1.82. The molecule has 0 saturated heterocycles. The molecule has 6 nitrogen and oxygen atoms in total. The number of aryl methyl sites for hydroxylation is 1. The average Bonchev–Trinajstić information content (AvgIpc) is 2.53. The molecule has 1 aromatic carbocycles. The highest BCUT2D eigenvalue weighted by Crippen LogP contribution is 2.11. The van der Waals surface area contributed by atoms with Crippen LogP contribution in [0.15, 0.2) is 42.6 Å². The monoisotopic (exact) mass is 312 g/mol. The topological polar surface area (TPSA) is 85.4 Å². The van der Waals surface area contributed by atoms with Gasteiger partial charge in [-0.2, -0.15) is 0 Å². The molecular weight excluding hydrogens is 296 g/mol. The van der Waals surface area contributed by atoms with Gasteiger partial charge in [0.2, 0.25) is 0 Å². The summed E-state index contributed by atoms with van der Waals surface area (Å²) in [5.41, 5.74) is 2.02. The molecule has 1 heterocycles. The van der Waals surface area contributed by atoms with Gasteiger partial charge in [0.05, 0.1) is 5.56 Å². The van der Waals surface area contributed by atoms with E-state index in [0.29, 0.717) is 11.3 Å². The molecule has 1 N–H and O–H groups in total. The van der Waals surface area contributed by atoms with Crippen LogP contribution in [0.4, 0.5) is 5.69 Å². The number of rotatable bonds is 5. The van der Waals surface area contributed by atoms with Crippen LogP contribution in [-0.4, -0.2) is 29.3 Å². The van der Waals surface area contributed by atoms with Gasteiger partial charge in [-0.3, -0.25) is 14.6 Å². The number of carbonyl (C=O) groups excluding carboxylic acids is 3. The fraction of sp³-hybridized carbons (Fsp3) is 0.176. The van der Waals surface area contributed by atoms with E-state index in [2.05, 4.69) is 10.3 Å². The van der Waals surface area contributed by atoms with Crippen molar-refractivity contribution in [2.24, 2.45) is 0 Å². The molecule has 0 radical (unpaired) electrons. The minimum absolute atomic E-state index is 0.0978. The molecule has 0 aliphatic rings. The summed E-state index contributed by atoms with van der Waals surface area (Å²) in [7, 11) is 0. The normalized spacial score (nSPS) is 10.0. The number of Topliss-reactive ketones (excluding diaryl/α,β-unsaturated/α-hetero) is 1. The Morgan fingerprint density at radius 2 is 1.91 bits per heavy atom. The van der Waals surface area contributed by atoms with Gasteiger partial charge in [-0.25, -0.2) is 4.79 Å². The first-order valence-electron chi connectivity index (χ1n) is 6.96. The molecule has 0 atom stereocenters. The van der Waals surface area contributed by atoms with Crippen LogP contribution >= 0.6 is 0 Å². The number of anilines is 1. The summed E-state index contributed by atoms with van der Waals surface area (Å²) in [4.78, 5) is 38.8. The first kappa shape index (κ1) is 16.4. The molecule has 0 spiro atoms. The van der Waals surface area contributed by atoms with Gasteiger partial charge in [-0.1, -0.05) is 12.1 Å². The highest BCUT2D eigenvalue weighted by Gasteiger charge is 2.11. The molecule has 1 aromatic heterocycles. The third-order valence-corrected chi connectivity index (χ3v) is 3.03. The van der Waals surface area contributed by atoms with E-state index < -0.39 is 18.5 Å². The van der Waals surface area contributed by atoms with Crippen molar-refractivity contribution in [2.75, 3.05) is 11.9 Å². The Kier molecular flexibility index (Phi) is 5.19. The van der Waals surface area contributed by atoms with Crippen LogP contribution in [0.2, 0.25) is 0 Å². The van der Waals surface area contributed by atoms with E-state index in [1.807, 2.05) is 0 Å². The number of pyridine rings is 1. The summed E-state index contributed by atoms with van der Waals surface area (Å²) in [6.45, 7) is 2.83. The van der Waals surface area contributed by atoms with Crippen LogP contribution in [0.25, 0.3) is 0 Å². The lowest BCUT2D eigenvalue weighted by Crippen LogP contribution is -2.21. The van der Waals surface area contributed by atoms with Crippen molar-refractivity contribution in [3.8, 4) is 0 Å². The second-order valence-corrected chi connectivity index (χ2v) is 4.95. The molecule has 0 aliphatic heterocycles. The summed E-state index contributed by atoms with van der Waals surface area (Å²) in [6.07, 6.45) is 1.39. The molecule has 0 aliphatic carbocycles. The zero-order valence-electron chi connectivity index (χ0n) is 12.8. The van der Waals surface area contributed by atoms with E-state index in [0.717, 1.165) is 5.69 Å². The quantitative estimate of drug-likeness (QED) is 0.677. The van der Waals surface area contributed by atoms with Gasteiger partial charge in [0.25, 0.3) is 5.91 Å². The molecule has 6 heteroatoms. The number of nitrogens with zero attached hydrogens (tertiary/aromatic N) is 1. The molecule has 118 valence electrons. The molecule has 0 unspecified atom stereocenters. The van der Waals surface area contributed by atoms with Crippen molar-refractivity contribution in [1.29, 1.82) is 0 Å². The summed E-state index contributed by atoms with van der Waals surface area (Å²) in [5.74, 6) is -1.20. The molecule has 0 fully saturated rings. The number of esters is 1. The maximum atomic E-state index is 11.8. The Bertz CT molecular complexity index is 739. The third kappa shape index (κ3) is 4.74. The van der Waals surface area contributed by atoms with E-state index in [1.165, 1.54) is 13.1 Å². The zero-order chi connectivity index (χ0) is 16.8. The Morgan fingerprint density at radius 3 is 2.57 bits per heavy atom. The predicted molar refractivity (Wildman–Crippen MR) is 84.3 cm³/mol. The van der Waals surface area contributed by atoms with E-state index in [9.17, 15) is 14.4 Å². The average molecular weight is 312 g/mol. The van der Waals surface area contributed by atoms with Crippen LogP contribution in [-0.2, 0) is 9.53 Å². The van der Waals surface area contributed by atoms with Crippen molar-refractivity contribution in [3.05, 3.63) is 59.4 Å². The summed E-state index contributed by atoms with van der Waals surface area (Å²) < 4.78 is 4.92. The van der Waals surface area contributed by atoms with Crippen molar-refractivity contribution in [3.63, 3.8) is 0 Å². The van der Waals surface area contributed by atoms with Gasteiger partial charge in [0, 0.05) is 23.1 Å². The highest BCUT2D eigenvalue weighted by atomic mass is 16.5. The Morgan fingerprint density at radius 1 is 1.13 bits per heavy atom. The molecule has 1 amide bonds. The van der Waals surface area contributed by atoms with Crippen LogP contribution in [0.5, 0.6) is 0 Å². The minimum Gasteiger partial charge on any atom is -0.452 e. The lowest BCUT2D eigenvalue weighted by atomic mass is 10.1. The smallest absolute Gasteiger partial charge is 0.340 e. The predicted octanol–water partition coefficient (Wildman–Crippen LogP) is 2.39. The zero-order valence-corrected chi connectivity index (χ0v) is 12.8. The summed E-state index contributed by atoms with van der Waals surface area (Å²) in [6, 6.07) is 9.80. The number of ketones is 1. The van der Waals surface area contributed by atoms with Gasteiger partial charge in [-0.15, -0.1) is 0 Å². The van der Waals surface area contributed by atoms with Gasteiger partial charge in [0.1, 0.15) is 0 Å². The molecule has 23 heavy (non-hydrogen) atoms. The first-order valence-corrected chi connectivity index (χ1v) is 6.96. The molecule has 0 bridgehead atoms. The van der Waals surface area contributed by atoms with E-state index in [1.54, 1.807) is 43.3 Å². The maximum absolute atomic E-state index is 11.8. The standard InChI is InChI=1S/C17H16N2O4/c1-11-6-7-14(9-18-11)17(22)23-10-16(21)19-15-5-3-4-13(8-15)12(2)20/h3-9H,10H2,1-2H3,(H,19,21). The fourth-order valence-electron chi connectivity index (χ4n) is 1.82. The van der Waals surface area contributed by atoms with Crippen molar-refractivity contribution >= 4 is 23.3 Å². The van der Waals surface area contributed by atoms with Gasteiger partial charge in [-0.05, 0) is 38.1 Å². The number of amides is 1. The molecule has 2 rings (SSSR count). The van der Waals surface area contributed by atoms with Crippen molar-refractivity contribution in [1.82, 2.24) is 4.98 Å². The number of aromatic nitrogens is 1. The van der Waals surface area contributed by atoms with Gasteiger partial charge >= 0.3 is 5.97 Å². The van der Waals surface area contributed by atoms with Crippen LogP contribution < -0.4 is 5.32 Å². The summed E-state index contributed by atoms with van der Waals surface area (Å²) >= 11 is 0. The number of hydrogen-bond donors (Lipinski definition) is 1. The molecule has 2 aromatic rings. The number of nitrogens with one attached hydrogen (secondary N) is 1. The van der Waals surface area contributed by atoms with Crippen molar-refractivity contribution in [2.45, 2.75) is 13.8 Å². The first-order chi connectivity index (χ1) is 11.0. The number of benzene rings is 1. The van der Waals surface area contributed by atoms with Crippen molar-refractivity contribution < 1.29 is 19.1 Å². The molecule has 0 saturated carbocycles. The van der Waals surface area contributed by atoms with Crippen LogP contribution in [0.1, 0.15) is 33.3 Å². The number of ether oxygens (including phenoxy) is 1. The van der Waals surface area contributed by atoms with Crippen LogP contribution in [0, 0.1) is 6.92 Å². The Balaban J connectivity index is 1.90. The maximum Gasteiger partial charge on any atom is 0.340 e. The van der Waals surface area contributed by atoms with Gasteiger partial charge < -0.3 is 10.1 Å². The SMILES string of the molecule is CC(=O)c1cccc(NC(=O)COC(=O)c2ccc(C)nc2)c1. The number of carbonyl (C=O) groups is 3. The molecular formula is C17H16N2O4. The second-order valence-electron chi connectivity index (χ2n) is 4.95. The van der Waals surface area contributed by atoms with Crippen LogP contribution in [0.3, 0.4) is 0 Å². The second kappa shape index (κ2) is 7.31. The van der Waals surface area contributed by atoms with E-state index in [4.69, 9.17) is 4.74 Å². The Labute approximate surface area is 133 Å². The minimum atomic E-state index is -0.620. The van der Waals surface area contributed by atoms with E-state index >= 15 is 0 Å². The summed E-state index contributed by atoms with van der Waals surface area (Å²) in [5, 5.41) is 2.57. The highest BCUT2D eigenvalue weighted by molar-refractivity contribution is 5.98. The largest absolute Gasteiger partial charge is 0.452 e. The van der Waals surface area contributed by atoms with E-state index in [-0.39, 0.29) is 11.3 Å². The van der Waals surface area contributed by atoms with Gasteiger partial charge in [0.15, 0.2) is 12.4 Å².